The van der Waals surface area contributed by atoms with E-state index in [1.165, 1.54) is 6.20 Å². The van der Waals surface area contributed by atoms with Crippen LogP contribution in [0.2, 0.25) is 5.02 Å². The van der Waals surface area contributed by atoms with E-state index in [1.54, 1.807) is 30.4 Å². The van der Waals surface area contributed by atoms with E-state index in [-0.39, 0.29) is 24.0 Å². The number of aromatic amines is 1. The van der Waals surface area contributed by atoms with Crippen LogP contribution in [-0.4, -0.2) is 53.3 Å². The number of hydrogen-bond acceptors (Lipinski definition) is 6. The zero-order valence-corrected chi connectivity index (χ0v) is 26.1. The molecule has 0 aliphatic rings. The number of allylic oxidation sites excluding steroid dienone is 3. The van der Waals surface area contributed by atoms with Crippen LogP contribution in [0.3, 0.4) is 0 Å². The minimum atomic E-state index is -0.382. The minimum Gasteiger partial charge on any atom is -0.354 e. The summed E-state index contributed by atoms with van der Waals surface area (Å²) in [5.74, 6) is -0.574. The van der Waals surface area contributed by atoms with Gasteiger partial charge in [0.15, 0.2) is 5.78 Å². The van der Waals surface area contributed by atoms with Crippen molar-refractivity contribution in [2.24, 2.45) is 0 Å². The maximum absolute atomic E-state index is 13.2. The number of anilines is 3. The molecule has 9 nitrogen and oxygen atoms in total. The molecule has 0 aliphatic heterocycles. The van der Waals surface area contributed by atoms with Crippen LogP contribution in [0.15, 0.2) is 84.6 Å². The Morgan fingerprint density at radius 3 is 2.55 bits per heavy atom. The van der Waals surface area contributed by atoms with E-state index < -0.39 is 0 Å². The van der Waals surface area contributed by atoms with E-state index in [2.05, 4.69) is 26.1 Å². The Hall–Kier alpha value is -4.73. The topological polar surface area (TPSA) is 119 Å². The lowest BCUT2D eigenvalue weighted by molar-refractivity contribution is -0.116. The summed E-state index contributed by atoms with van der Waals surface area (Å²) < 4.78 is 0. The van der Waals surface area contributed by atoms with Crippen LogP contribution < -0.4 is 16.0 Å². The number of ketones is 1. The van der Waals surface area contributed by atoms with Crippen LogP contribution in [0.5, 0.6) is 0 Å². The Bertz CT molecular complexity index is 1720. The van der Waals surface area contributed by atoms with Gasteiger partial charge in [0.1, 0.15) is 0 Å². The maximum Gasteiger partial charge on any atom is 0.255 e. The van der Waals surface area contributed by atoms with Gasteiger partial charge in [0, 0.05) is 46.9 Å². The first-order valence-electron chi connectivity index (χ1n) is 14.3. The molecule has 0 bridgehead atoms. The zero-order chi connectivity index (χ0) is 31.6. The average Bonchev–Trinajstić information content (AvgIpc) is 3.39. The fraction of sp³-hybridized carbons (Fsp3) is 0.235. The summed E-state index contributed by atoms with van der Waals surface area (Å²) in [6, 6.07) is 18.4. The monoisotopic (exact) mass is 612 g/mol. The van der Waals surface area contributed by atoms with E-state index in [0.29, 0.717) is 40.4 Å². The average molecular weight is 613 g/mol. The Morgan fingerprint density at radius 2 is 1.80 bits per heavy atom. The van der Waals surface area contributed by atoms with Crippen LogP contribution in [0.25, 0.3) is 22.2 Å². The highest BCUT2D eigenvalue weighted by atomic mass is 35.5. The number of H-pyrrole nitrogens is 1. The zero-order valence-electron chi connectivity index (χ0n) is 25.3. The Kier molecular flexibility index (Phi) is 11.1. The molecule has 0 spiro atoms. The quantitative estimate of drug-likeness (QED) is 0.120. The molecule has 0 saturated carbocycles. The molecule has 0 aliphatic carbocycles. The molecule has 0 atom stereocenters. The lowest BCUT2D eigenvalue weighted by atomic mass is 10.0. The number of rotatable bonds is 13. The molecule has 0 saturated heterocycles. The van der Waals surface area contributed by atoms with Gasteiger partial charge < -0.3 is 20.9 Å². The predicted octanol–water partition coefficient (Wildman–Crippen LogP) is 7.08. The minimum absolute atomic E-state index is 0.0487. The van der Waals surface area contributed by atoms with E-state index in [0.717, 1.165) is 34.4 Å². The Labute approximate surface area is 262 Å². The van der Waals surface area contributed by atoms with Gasteiger partial charge in [0.2, 0.25) is 5.91 Å². The lowest BCUT2D eigenvalue weighted by Crippen LogP contribution is -2.19. The van der Waals surface area contributed by atoms with Crippen molar-refractivity contribution in [2.75, 3.05) is 31.3 Å². The number of carbonyl (C=O) groups is 3. The van der Waals surface area contributed by atoms with Crippen LogP contribution in [0.1, 0.15) is 43.5 Å². The molecule has 228 valence electrons. The summed E-state index contributed by atoms with van der Waals surface area (Å²) in [5.41, 5.74) is 5.41. The highest BCUT2D eigenvalue weighted by molar-refractivity contribution is 6.33. The first-order valence-corrected chi connectivity index (χ1v) is 14.7. The number of hydrogen-bond donors (Lipinski definition) is 4. The summed E-state index contributed by atoms with van der Waals surface area (Å²) in [7, 11) is 3.92. The van der Waals surface area contributed by atoms with Crippen molar-refractivity contribution >= 4 is 57.2 Å². The van der Waals surface area contributed by atoms with Gasteiger partial charge in [-0.15, -0.1) is 0 Å². The summed E-state index contributed by atoms with van der Waals surface area (Å²) >= 11 is 6.31. The van der Waals surface area contributed by atoms with E-state index in [9.17, 15) is 14.4 Å². The molecule has 1 heterocycles. The van der Waals surface area contributed by atoms with Gasteiger partial charge in [0.05, 0.1) is 21.9 Å². The fourth-order valence-corrected chi connectivity index (χ4v) is 4.74. The summed E-state index contributed by atoms with van der Waals surface area (Å²) in [4.78, 5) is 39.8. The standard InChI is InChI=1S/C34H37ClN6O3/c1-22(2)17-27(42)9-7-15-36-34(44)24-18-23(19-26(20-24)38-32(43)12-8-16-41(3)4)33-28-14-13-25(21-31(28)39-40-33)37-30-11-6-5-10-29(30)35/h5-7,10-11,13-15,17-21,37H,8-9,12,16H2,1-4H3,(H,36,44)(H,38,43)(H,39,40). The number of amides is 2. The van der Waals surface area contributed by atoms with Crippen molar-refractivity contribution in [3.8, 4) is 11.3 Å². The molecule has 3 aromatic carbocycles. The molecule has 10 heteroatoms. The molecular weight excluding hydrogens is 576 g/mol. The number of para-hydroxylation sites is 1. The van der Waals surface area contributed by atoms with Gasteiger partial charge >= 0.3 is 0 Å². The second-order valence-electron chi connectivity index (χ2n) is 11.0. The number of benzene rings is 3. The lowest BCUT2D eigenvalue weighted by Gasteiger charge is -2.12. The summed E-state index contributed by atoms with van der Waals surface area (Å²) in [6.07, 6.45) is 5.85. The van der Waals surface area contributed by atoms with Gasteiger partial charge in [-0.25, -0.2) is 0 Å². The van der Waals surface area contributed by atoms with E-state index in [4.69, 9.17) is 11.6 Å². The second kappa shape index (κ2) is 15.1. The number of fused-ring (bicyclic) bond motifs is 1. The van der Waals surface area contributed by atoms with Crippen LogP contribution in [0, 0.1) is 0 Å². The third-order valence-corrected chi connectivity index (χ3v) is 6.91. The highest BCUT2D eigenvalue weighted by Gasteiger charge is 2.15. The molecule has 1 aromatic heterocycles. The third kappa shape index (κ3) is 9.13. The van der Waals surface area contributed by atoms with Crippen molar-refractivity contribution in [2.45, 2.75) is 33.1 Å². The first-order chi connectivity index (χ1) is 21.1. The van der Waals surface area contributed by atoms with Gasteiger partial charge in [-0.3, -0.25) is 19.5 Å². The molecule has 44 heavy (non-hydrogen) atoms. The summed E-state index contributed by atoms with van der Waals surface area (Å²) in [6.45, 7) is 4.50. The van der Waals surface area contributed by atoms with Crippen LogP contribution in [0.4, 0.5) is 17.1 Å². The van der Waals surface area contributed by atoms with Crippen molar-refractivity contribution in [1.29, 1.82) is 0 Å². The number of nitrogens with zero attached hydrogens (tertiary/aromatic N) is 2. The van der Waals surface area contributed by atoms with E-state index in [1.807, 2.05) is 75.3 Å². The molecular formula is C34H37ClN6O3. The summed E-state index contributed by atoms with van der Waals surface area (Å²) in [5, 5.41) is 18.1. The molecule has 0 radical (unpaired) electrons. The number of halogens is 1. The number of nitrogens with one attached hydrogen (secondary N) is 4. The van der Waals surface area contributed by atoms with E-state index >= 15 is 0 Å². The normalized spacial score (nSPS) is 11.1. The molecule has 4 N–H and O–H groups in total. The Balaban J connectivity index is 1.60. The fourth-order valence-electron chi connectivity index (χ4n) is 4.56. The van der Waals surface area contributed by atoms with Crippen molar-refractivity contribution < 1.29 is 14.4 Å². The van der Waals surface area contributed by atoms with Crippen molar-refractivity contribution in [3.63, 3.8) is 0 Å². The molecule has 4 rings (SSSR count). The van der Waals surface area contributed by atoms with Gasteiger partial charge in [0.25, 0.3) is 5.91 Å². The smallest absolute Gasteiger partial charge is 0.255 e. The molecule has 4 aromatic rings. The predicted molar refractivity (Wildman–Crippen MR) is 178 cm³/mol. The second-order valence-corrected chi connectivity index (χ2v) is 11.4. The molecule has 0 fully saturated rings. The number of carbonyl (C=O) groups excluding carboxylic acids is 3. The molecule has 0 unspecified atom stereocenters. The van der Waals surface area contributed by atoms with Crippen molar-refractivity contribution in [1.82, 2.24) is 20.4 Å². The maximum atomic E-state index is 13.2. The largest absolute Gasteiger partial charge is 0.354 e. The van der Waals surface area contributed by atoms with Crippen molar-refractivity contribution in [3.05, 3.63) is 95.2 Å². The molecule has 2 amide bonds. The van der Waals surface area contributed by atoms with Gasteiger partial charge in [-0.2, -0.15) is 5.10 Å². The first kappa shape index (κ1) is 32.2. The number of aromatic nitrogens is 2. The van der Waals surface area contributed by atoms with Gasteiger partial charge in [-0.1, -0.05) is 35.4 Å². The van der Waals surface area contributed by atoms with Crippen LogP contribution in [-0.2, 0) is 9.59 Å². The van der Waals surface area contributed by atoms with Crippen LogP contribution >= 0.6 is 11.6 Å². The third-order valence-electron chi connectivity index (χ3n) is 6.58. The Morgan fingerprint density at radius 1 is 1.00 bits per heavy atom. The SMILES string of the molecule is CC(C)=CC(=O)CC=CNC(=O)c1cc(NC(=O)CCCN(C)C)cc(-c2n[nH]c3cc(Nc4ccccc4Cl)ccc23)c1. The van der Waals surface area contributed by atoms with Gasteiger partial charge in [-0.05, 0) is 95.5 Å². The highest BCUT2D eigenvalue weighted by Crippen LogP contribution is 2.32.